The minimum atomic E-state index is 0.185. The third-order valence-electron chi connectivity index (χ3n) is 2.88. The summed E-state index contributed by atoms with van der Waals surface area (Å²) in [6, 6.07) is 6.01. The van der Waals surface area contributed by atoms with E-state index in [-0.39, 0.29) is 5.76 Å². The van der Waals surface area contributed by atoms with E-state index in [4.69, 9.17) is 4.42 Å². The molecule has 2 aromatic rings. The first-order chi connectivity index (χ1) is 8.65. The van der Waals surface area contributed by atoms with Crippen molar-refractivity contribution in [1.29, 1.82) is 0 Å². The molecule has 18 heavy (non-hydrogen) atoms. The number of furan rings is 1. The van der Waals surface area contributed by atoms with Crippen LogP contribution >= 0.6 is 22.6 Å². The monoisotopic (exact) mass is 350 g/mol. The number of hydrogen-bond acceptors (Lipinski definition) is 2. The molecule has 0 fully saturated rings. The van der Waals surface area contributed by atoms with E-state index in [1.165, 1.54) is 5.56 Å². The van der Waals surface area contributed by atoms with Crippen LogP contribution in [0, 0.1) is 10.5 Å². The van der Waals surface area contributed by atoms with E-state index in [1.54, 1.807) is 0 Å². The van der Waals surface area contributed by atoms with Crippen LogP contribution < -0.4 is 0 Å². The fraction of sp³-hybridized carbons (Fsp3) is 0.0667. The van der Waals surface area contributed by atoms with Crippen molar-refractivity contribution in [2.75, 3.05) is 0 Å². The third kappa shape index (κ3) is 1.88. The Labute approximate surface area is 118 Å². The number of aliphatic hydroxyl groups excluding tert-OH is 1. The number of halogens is 1. The van der Waals surface area contributed by atoms with E-state index >= 15 is 0 Å². The lowest BCUT2D eigenvalue weighted by molar-refractivity contribution is 0.469. The van der Waals surface area contributed by atoms with Gasteiger partial charge in [-0.05, 0) is 53.3 Å². The minimum Gasteiger partial charge on any atom is -0.504 e. The van der Waals surface area contributed by atoms with Crippen LogP contribution in [0.4, 0.5) is 0 Å². The number of hydrogen-bond donors (Lipinski definition) is 1. The summed E-state index contributed by atoms with van der Waals surface area (Å²) in [6.07, 6.45) is 7.50. The first-order valence-electron chi connectivity index (χ1n) is 5.63. The SMILES string of the molecule is Cc1cc(I)c2oc(C(O)=C3C=CC=C3)cc2c1. The third-order valence-corrected chi connectivity index (χ3v) is 3.69. The highest BCUT2D eigenvalue weighted by Gasteiger charge is 2.13. The Balaban J connectivity index is 2.20. The van der Waals surface area contributed by atoms with Gasteiger partial charge in [0.15, 0.2) is 11.5 Å². The standard InChI is InChI=1S/C15H11IO2/c1-9-6-11-8-13(18-15(11)12(16)7-9)14(17)10-4-2-3-5-10/h2-8,17H,1H3. The van der Waals surface area contributed by atoms with Crippen LogP contribution in [0.1, 0.15) is 11.3 Å². The Kier molecular flexibility index (Phi) is 2.78. The lowest BCUT2D eigenvalue weighted by Gasteiger charge is -1.97. The highest BCUT2D eigenvalue weighted by molar-refractivity contribution is 14.1. The van der Waals surface area contributed by atoms with Gasteiger partial charge in [0, 0.05) is 11.0 Å². The second kappa shape index (κ2) is 4.31. The topological polar surface area (TPSA) is 33.4 Å². The maximum Gasteiger partial charge on any atom is 0.170 e. The lowest BCUT2D eigenvalue weighted by atomic mass is 10.1. The van der Waals surface area contributed by atoms with Crippen molar-refractivity contribution >= 4 is 39.3 Å². The number of aliphatic hydroxyl groups is 1. The molecule has 0 spiro atoms. The fourth-order valence-corrected chi connectivity index (χ4v) is 2.95. The molecule has 1 aromatic heterocycles. The molecule has 0 saturated carbocycles. The predicted molar refractivity (Wildman–Crippen MR) is 81.5 cm³/mol. The average Bonchev–Trinajstić information content (AvgIpc) is 2.96. The Morgan fingerprint density at radius 3 is 2.61 bits per heavy atom. The van der Waals surface area contributed by atoms with E-state index in [9.17, 15) is 5.11 Å². The summed E-state index contributed by atoms with van der Waals surface area (Å²) in [5.41, 5.74) is 2.79. The summed E-state index contributed by atoms with van der Waals surface area (Å²) < 4.78 is 6.80. The smallest absolute Gasteiger partial charge is 0.170 e. The molecule has 1 aliphatic rings. The van der Waals surface area contributed by atoms with E-state index in [1.807, 2.05) is 30.4 Å². The minimum absolute atomic E-state index is 0.185. The summed E-state index contributed by atoms with van der Waals surface area (Å²) in [4.78, 5) is 0. The van der Waals surface area contributed by atoms with Gasteiger partial charge in [0.1, 0.15) is 5.58 Å². The van der Waals surface area contributed by atoms with Gasteiger partial charge in [-0.25, -0.2) is 0 Å². The molecule has 3 heteroatoms. The van der Waals surface area contributed by atoms with Crippen LogP contribution in [0.25, 0.3) is 16.7 Å². The van der Waals surface area contributed by atoms with E-state index in [2.05, 4.69) is 41.6 Å². The normalized spacial score (nSPS) is 13.8. The van der Waals surface area contributed by atoms with E-state index in [0.29, 0.717) is 5.76 Å². The van der Waals surface area contributed by atoms with Gasteiger partial charge in [0.25, 0.3) is 0 Å². The highest BCUT2D eigenvalue weighted by Crippen LogP contribution is 2.30. The predicted octanol–water partition coefficient (Wildman–Crippen LogP) is 4.74. The summed E-state index contributed by atoms with van der Waals surface area (Å²) in [6.45, 7) is 2.05. The van der Waals surface area contributed by atoms with E-state index in [0.717, 1.165) is 20.1 Å². The van der Waals surface area contributed by atoms with Crippen LogP contribution in [0.2, 0.25) is 0 Å². The van der Waals surface area contributed by atoms with Crippen molar-refractivity contribution in [3.63, 3.8) is 0 Å². The zero-order valence-corrected chi connectivity index (χ0v) is 11.9. The quantitative estimate of drug-likeness (QED) is 0.595. The largest absolute Gasteiger partial charge is 0.504 e. The number of allylic oxidation sites excluding steroid dienone is 5. The summed E-state index contributed by atoms with van der Waals surface area (Å²) in [5, 5.41) is 11.2. The van der Waals surface area contributed by atoms with Gasteiger partial charge >= 0.3 is 0 Å². The van der Waals surface area contributed by atoms with Gasteiger partial charge < -0.3 is 9.52 Å². The van der Waals surface area contributed by atoms with Gasteiger partial charge in [-0.3, -0.25) is 0 Å². The van der Waals surface area contributed by atoms with Gasteiger partial charge in [0.05, 0.1) is 3.57 Å². The summed E-state index contributed by atoms with van der Waals surface area (Å²) >= 11 is 2.25. The zero-order valence-electron chi connectivity index (χ0n) is 9.77. The van der Waals surface area contributed by atoms with E-state index < -0.39 is 0 Å². The Morgan fingerprint density at radius 2 is 1.89 bits per heavy atom. The molecule has 90 valence electrons. The van der Waals surface area contributed by atoms with Crippen molar-refractivity contribution in [2.24, 2.45) is 0 Å². The van der Waals surface area contributed by atoms with Gasteiger partial charge in [-0.1, -0.05) is 24.3 Å². The number of fused-ring (bicyclic) bond motifs is 1. The molecule has 0 saturated heterocycles. The van der Waals surface area contributed by atoms with Crippen molar-refractivity contribution in [3.05, 3.63) is 63.0 Å². The number of benzene rings is 1. The molecular weight excluding hydrogens is 339 g/mol. The highest BCUT2D eigenvalue weighted by atomic mass is 127. The Hall–Kier alpha value is -1.49. The molecule has 3 rings (SSSR count). The van der Waals surface area contributed by atoms with Crippen molar-refractivity contribution < 1.29 is 9.52 Å². The van der Waals surface area contributed by atoms with Crippen LogP contribution in [0.5, 0.6) is 0 Å². The average molecular weight is 350 g/mol. The molecule has 1 aromatic carbocycles. The molecular formula is C15H11IO2. The molecule has 0 bridgehead atoms. The van der Waals surface area contributed by atoms with Crippen LogP contribution in [0.3, 0.4) is 0 Å². The fourth-order valence-electron chi connectivity index (χ4n) is 2.04. The van der Waals surface area contributed by atoms with Crippen molar-refractivity contribution in [1.82, 2.24) is 0 Å². The number of aryl methyl sites for hydroxylation is 1. The zero-order chi connectivity index (χ0) is 12.7. The Bertz CT molecular complexity index is 703. The number of rotatable bonds is 1. The maximum atomic E-state index is 10.2. The van der Waals surface area contributed by atoms with Crippen LogP contribution in [-0.2, 0) is 0 Å². The first kappa shape index (κ1) is 11.6. The van der Waals surface area contributed by atoms with Crippen LogP contribution in [-0.4, -0.2) is 5.11 Å². The van der Waals surface area contributed by atoms with Gasteiger partial charge in [0.2, 0.25) is 0 Å². The lowest BCUT2D eigenvalue weighted by Crippen LogP contribution is -1.82. The van der Waals surface area contributed by atoms with Crippen molar-refractivity contribution in [2.45, 2.75) is 6.92 Å². The maximum absolute atomic E-state index is 10.2. The Morgan fingerprint density at radius 1 is 1.17 bits per heavy atom. The van der Waals surface area contributed by atoms with Gasteiger partial charge in [-0.15, -0.1) is 0 Å². The molecule has 1 heterocycles. The molecule has 1 N–H and O–H groups in total. The molecule has 1 aliphatic carbocycles. The molecule has 0 aliphatic heterocycles. The molecule has 0 amide bonds. The van der Waals surface area contributed by atoms with Crippen molar-refractivity contribution in [3.8, 4) is 0 Å². The summed E-state index contributed by atoms with van der Waals surface area (Å²) in [7, 11) is 0. The molecule has 0 atom stereocenters. The molecule has 2 nitrogen and oxygen atoms in total. The second-order valence-corrected chi connectivity index (χ2v) is 5.46. The molecule has 0 unspecified atom stereocenters. The molecule has 0 radical (unpaired) electrons. The second-order valence-electron chi connectivity index (χ2n) is 4.30. The summed E-state index contributed by atoms with van der Waals surface area (Å²) in [5.74, 6) is 0.698. The van der Waals surface area contributed by atoms with Gasteiger partial charge in [-0.2, -0.15) is 0 Å². The first-order valence-corrected chi connectivity index (χ1v) is 6.71. The van der Waals surface area contributed by atoms with Crippen LogP contribution in [0.15, 0.2) is 52.5 Å².